The molecular weight excluding hydrogens is 394 g/mol. The molecule has 0 radical (unpaired) electrons. The lowest BCUT2D eigenvalue weighted by atomic mass is 9.96. The molecule has 1 atom stereocenters. The summed E-state index contributed by atoms with van der Waals surface area (Å²) in [6.07, 6.45) is 3.99. The average molecular weight is 428 g/mol. The summed E-state index contributed by atoms with van der Waals surface area (Å²) in [5, 5.41) is 7.31. The van der Waals surface area contributed by atoms with Crippen LogP contribution in [0.2, 0.25) is 0 Å². The van der Waals surface area contributed by atoms with Gasteiger partial charge >= 0.3 is 6.01 Å². The van der Waals surface area contributed by atoms with Crippen LogP contribution in [-0.4, -0.2) is 67.3 Å². The van der Waals surface area contributed by atoms with Gasteiger partial charge in [0.1, 0.15) is 5.75 Å². The van der Waals surface area contributed by atoms with Crippen LogP contribution < -0.4 is 15.0 Å². The van der Waals surface area contributed by atoms with Gasteiger partial charge < -0.3 is 24.4 Å². The van der Waals surface area contributed by atoms with Gasteiger partial charge in [-0.1, -0.05) is 12.1 Å². The largest absolute Gasteiger partial charge is 0.497 e. The minimum atomic E-state index is 0.0633. The number of nitrogens with zero attached hydrogens (tertiary/aromatic N) is 4. The van der Waals surface area contributed by atoms with Gasteiger partial charge in [-0.3, -0.25) is 4.79 Å². The monoisotopic (exact) mass is 427 g/mol. The molecule has 8 heteroatoms. The Morgan fingerprint density at radius 2 is 1.97 bits per heavy atom. The molecule has 1 N–H and O–H groups in total. The number of amides is 1. The molecule has 3 heterocycles. The standard InChI is InChI=1S/C23H33N5O3/c1-3-11-27-12-8-17(16-27)15-24-22(29)19-9-13-28(14-10-19)23-25-21(26-31-23)18-4-6-20(30-2)7-5-18/h4-7,17,19H,3,8-16H2,1-2H3,(H,24,29). The van der Waals surface area contributed by atoms with Gasteiger partial charge in [0.05, 0.1) is 7.11 Å². The van der Waals surface area contributed by atoms with Crippen LogP contribution in [0.4, 0.5) is 6.01 Å². The Morgan fingerprint density at radius 1 is 1.19 bits per heavy atom. The van der Waals surface area contributed by atoms with Gasteiger partial charge in [-0.25, -0.2) is 0 Å². The van der Waals surface area contributed by atoms with Crippen molar-refractivity contribution in [2.45, 2.75) is 32.6 Å². The van der Waals surface area contributed by atoms with E-state index < -0.39 is 0 Å². The van der Waals surface area contributed by atoms with Crippen molar-refractivity contribution in [3.8, 4) is 17.1 Å². The van der Waals surface area contributed by atoms with Crippen molar-refractivity contribution in [3.05, 3.63) is 24.3 Å². The molecule has 168 valence electrons. The van der Waals surface area contributed by atoms with E-state index in [0.717, 1.165) is 56.9 Å². The number of carbonyl (C=O) groups is 1. The van der Waals surface area contributed by atoms with Crippen LogP contribution in [0.1, 0.15) is 32.6 Å². The fourth-order valence-electron chi connectivity index (χ4n) is 4.52. The summed E-state index contributed by atoms with van der Waals surface area (Å²) in [7, 11) is 1.64. The molecule has 1 aromatic heterocycles. The number of nitrogens with one attached hydrogen (secondary N) is 1. The number of anilines is 1. The molecule has 31 heavy (non-hydrogen) atoms. The fraction of sp³-hybridized carbons (Fsp3) is 0.609. The Balaban J connectivity index is 1.23. The van der Waals surface area contributed by atoms with E-state index in [0.29, 0.717) is 17.8 Å². The molecule has 2 saturated heterocycles. The van der Waals surface area contributed by atoms with Gasteiger partial charge in [0.25, 0.3) is 0 Å². The molecule has 2 aromatic rings. The summed E-state index contributed by atoms with van der Waals surface area (Å²) in [5.41, 5.74) is 0.884. The molecule has 0 saturated carbocycles. The number of ether oxygens (including phenoxy) is 1. The number of benzene rings is 1. The highest BCUT2D eigenvalue weighted by molar-refractivity contribution is 5.79. The number of hydrogen-bond acceptors (Lipinski definition) is 7. The third kappa shape index (κ3) is 5.36. The summed E-state index contributed by atoms with van der Waals surface area (Å²) in [4.78, 5) is 21.8. The van der Waals surface area contributed by atoms with Crippen LogP contribution in [-0.2, 0) is 4.79 Å². The zero-order valence-electron chi connectivity index (χ0n) is 18.5. The minimum Gasteiger partial charge on any atom is -0.497 e. The van der Waals surface area contributed by atoms with Crippen LogP contribution in [0.15, 0.2) is 28.8 Å². The molecule has 1 amide bonds. The number of rotatable bonds is 8. The molecule has 2 aliphatic rings. The Labute approximate surface area is 183 Å². The van der Waals surface area contributed by atoms with Crippen molar-refractivity contribution >= 4 is 11.9 Å². The van der Waals surface area contributed by atoms with Gasteiger partial charge in [-0.15, -0.1) is 0 Å². The van der Waals surface area contributed by atoms with Crippen molar-refractivity contribution in [3.63, 3.8) is 0 Å². The number of carbonyl (C=O) groups excluding carboxylic acids is 1. The van der Waals surface area contributed by atoms with E-state index in [2.05, 4.69) is 32.2 Å². The highest BCUT2D eigenvalue weighted by Gasteiger charge is 2.29. The summed E-state index contributed by atoms with van der Waals surface area (Å²) < 4.78 is 10.7. The first-order valence-corrected chi connectivity index (χ1v) is 11.4. The maximum atomic E-state index is 12.6. The molecule has 4 rings (SSSR count). The van der Waals surface area contributed by atoms with E-state index in [1.165, 1.54) is 19.4 Å². The lowest BCUT2D eigenvalue weighted by Crippen LogP contribution is -2.42. The quantitative estimate of drug-likeness (QED) is 0.693. The second-order valence-corrected chi connectivity index (χ2v) is 8.59. The van der Waals surface area contributed by atoms with Gasteiger partial charge in [0, 0.05) is 37.7 Å². The zero-order chi connectivity index (χ0) is 21.6. The van der Waals surface area contributed by atoms with Crippen molar-refractivity contribution in [2.24, 2.45) is 11.8 Å². The van der Waals surface area contributed by atoms with Crippen molar-refractivity contribution in [2.75, 3.05) is 51.3 Å². The summed E-state index contributed by atoms with van der Waals surface area (Å²) in [6.45, 7) is 7.95. The molecule has 0 bridgehead atoms. The van der Waals surface area contributed by atoms with Gasteiger partial charge in [0.15, 0.2) is 0 Å². The van der Waals surface area contributed by atoms with E-state index in [1.807, 2.05) is 24.3 Å². The first kappa shape index (κ1) is 21.6. The van der Waals surface area contributed by atoms with Crippen LogP contribution in [0.5, 0.6) is 5.75 Å². The Bertz CT molecular complexity index is 845. The first-order chi connectivity index (χ1) is 15.2. The second kappa shape index (κ2) is 10.1. The number of aromatic nitrogens is 2. The number of hydrogen-bond donors (Lipinski definition) is 1. The minimum absolute atomic E-state index is 0.0633. The third-order valence-corrected chi connectivity index (χ3v) is 6.37. The molecule has 1 unspecified atom stereocenters. The first-order valence-electron chi connectivity index (χ1n) is 11.4. The Morgan fingerprint density at radius 3 is 2.68 bits per heavy atom. The van der Waals surface area contributed by atoms with E-state index >= 15 is 0 Å². The third-order valence-electron chi connectivity index (χ3n) is 6.37. The summed E-state index contributed by atoms with van der Waals surface area (Å²) in [5.74, 6) is 2.20. The number of methoxy groups -OCH3 is 1. The average Bonchev–Trinajstić information content (AvgIpc) is 3.48. The van der Waals surface area contributed by atoms with Gasteiger partial charge in [-0.2, -0.15) is 4.98 Å². The molecular formula is C23H33N5O3. The second-order valence-electron chi connectivity index (χ2n) is 8.59. The topological polar surface area (TPSA) is 83.7 Å². The van der Waals surface area contributed by atoms with E-state index in [-0.39, 0.29) is 11.8 Å². The van der Waals surface area contributed by atoms with E-state index in [4.69, 9.17) is 9.26 Å². The maximum absolute atomic E-state index is 12.6. The Kier molecular flexibility index (Phi) is 7.06. The van der Waals surface area contributed by atoms with Crippen molar-refractivity contribution in [1.29, 1.82) is 0 Å². The van der Waals surface area contributed by atoms with Crippen LogP contribution in [0.25, 0.3) is 11.4 Å². The highest BCUT2D eigenvalue weighted by atomic mass is 16.5. The predicted molar refractivity (Wildman–Crippen MR) is 119 cm³/mol. The van der Waals surface area contributed by atoms with Gasteiger partial charge in [0.2, 0.25) is 11.7 Å². The molecule has 0 aliphatic carbocycles. The highest BCUT2D eigenvalue weighted by Crippen LogP contribution is 2.26. The molecule has 8 nitrogen and oxygen atoms in total. The summed E-state index contributed by atoms with van der Waals surface area (Å²) >= 11 is 0. The van der Waals surface area contributed by atoms with Gasteiger partial charge in [-0.05, 0) is 69.0 Å². The van der Waals surface area contributed by atoms with E-state index in [1.54, 1.807) is 7.11 Å². The predicted octanol–water partition coefficient (Wildman–Crippen LogP) is 2.81. The van der Waals surface area contributed by atoms with Crippen LogP contribution >= 0.6 is 0 Å². The SMILES string of the molecule is CCCN1CCC(CNC(=O)C2CCN(c3nc(-c4ccc(OC)cc4)no3)CC2)C1. The van der Waals surface area contributed by atoms with Crippen molar-refractivity contribution < 1.29 is 14.1 Å². The van der Waals surface area contributed by atoms with E-state index in [9.17, 15) is 4.79 Å². The normalized spacial score (nSPS) is 20.2. The number of likely N-dealkylation sites (tertiary alicyclic amines) is 1. The van der Waals surface area contributed by atoms with Crippen LogP contribution in [0.3, 0.4) is 0 Å². The smallest absolute Gasteiger partial charge is 0.324 e. The molecule has 1 aromatic carbocycles. The van der Waals surface area contributed by atoms with Crippen molar-refractivity contribution in [1.82, 2.24) is 20.4 Å². The fourth-order valence-corrected chi connectivity index (χ4v) is 4.52. The molecule has 2 aliphatic heterocycles. The zero-order valence-corrected chi connectivity index (χ0v) is 18.5. The Hall–Kier alpha value is -2.61. The summed E-state index contributed by atoms with van der Waals surface area (Å²) in [6, 6.07) is 8.10. The molecule has 0 spiro atoms. The lowest BCUT2D eigenvalue weighted by molar-refractivity contribution is -0.125. The number of piperidine rings is 1. The molecule has 2 fully saturated rings. The maximum Gasteiger partial charge on any atom is 0.324 e. The van der Waals surface area contributed by atoms with Crippen LogP contribution in [0, 0.1) is 11.8 Å². The lowest BCUT2D eigenvalue weighted by Gasteiger charge is -2.30.